The van der Waals surface area contributed by atoms with Gasteiger partial charge < -0.3 is 24.7 Å². The van der Waals surface area contributed by atoms with Gasteiger partial charge in [0.05, 0.1) is 12.7 Å². The van der Waals surface area contributed by atoms with Gasteiger partial charge in [-0.3, -0.25) is 19.2 Å². The lowest BCUT2D eigenvalue weighted by Crippen LogP contribution is -2.52. The number of hydrogen-bond donors (Lipinski definition) is 6. The quantitative estimate of drug-likeness (QED) is 0.171. The highest BCUT2D eigenvalue weighted by molar-refractivity contribution is 8.02. The molecule has 5 atom stereocenters. The normalized spacial score (nSPS) is 18.6. The van der Waals surface area contributed by atoms with Crippen molar-refractivity contribution in [3.8, 4) is 0 Å². The number of halogens is 1. The molecule has 20 heteroatoms. The first-order valence-electron chi connectivity index (χ1n) is 7.88. The van der Waals surface area contributed by atoms with Crippen LogP contribution in [0, 0.1) is 0 Å². The van der Waals surface area contributed by atoms with Crippen molar-refractivity contribution in [2.75, 3.05) is 19.9 Å². The van der Waals surface area contributed by atoms with Crippen molar-refractivity contribution < 1.29 is 56.3 Å². The summed E-state index contributed by atoms with van der Waals surface area (Å²) in [6.45, 7) is -2.29. The van der Waals surface area contributed by atoms with Gasteiger partial charge in [0.2, 0.25) is 11.8 Å². The SMILES string of the molecule is C[C@H](O)[C@@](CF)(CO[P+](=S)OP(=O)(O)OP(=O)(O)O)O[C@H](CO)n1ccc(=O)[nH]c1=O. The summed E-state index contributed by atoms with van der Waals surface area (Å²) in [7, 11) is -13.6. The molecule has 0 amide bonds. The second kappa shape index (κ2) is 11.4. The Morgan fingerprint density at radius 1 is 1.35 bits per heavy atom. The van der Waals surface area contributed by atoms with Gasteiger partial charge in [-0.1, -0.05) is 0 Å². The third kappa shape index (κ3) is 8.94. The van der Waals surface area contributed by atoms with Crippen molar-refractivity contribution in [2.24, 2.45) is 0 Å². The summed E-state index contributed by atoms with van der Waals surface area (Å²) in [5.74, 6) is 0. The highest BCUT2D eigenvalue weighted by atomic mass is 32.4. The third-order valence-corrected chi connectivity index (χ3v) is 7.76. The van der Waals surface area contributed by atoms with Gasteiger partial charge in [0, 0.05) is 12.3 Å². The fraction of sp³-hybridized carbons (Fsp3) is 0.636. The molecule has 178 valence electrons. The van der Waals surface area contributed by atoms with Crippen molar-refractivity contribution >= 4 is 34.6 Å². The number of H-pyrrole nitrogens is 1. The Balaban J connectivity index is 3.02. The standard InChI is InChI=1S/C11H18FN2O13P3S/c1-7(16)11(5-12,6-24-28(31)26-30(22,23)27-29(19,20)21)25-9(4-15)14-3-2-8(17)13-10(14)18/h2-3,7,9,15-16H,4-6H2,1H3,(H3-,13,17,18,19,20,21,22,23)/p+1/t7-,9+,11+/m0/s1. The molecule has 0 aliphatic carbocycles. The Morgan fingerprint density at radius 3 is 2.42 bits per heavy atom. The molecule has 0 aromatic carbocycles. The fourth-order valence-electron chi connectivity index (χ4n) is 1.96. The first-order valence-corrected chi connectivity index (χ1v) is 13.1. The van der Waals surface area contributed by atoms with Gasteiger partial charge >= 0.3 is 28.5 Å². The summed E-state index contributed by atoms with van der Waals surface area (Å²) in [5.41, 5.74) is -4.07. The van der Waals surface area contributed by atoms with E-state index in [9.17, 15) is 38.2 Å². The number of phosphoric acid groups is 2. The summed E-state index contributed by atoms with van der Waals surface area (Å²) < 4.78 is 54.6. The molecule has 0 bridgehead atoms. The Hall–Kier alpha value is -0.770. The molecule has 0 aliphatic heterocycles. The van der Waals surface area contributed by atoms with Crippen molar-refractivity contribution in [1.82, 2.24) is 9.55 Å². The number of nitrogens with one attached hydrogen (secondary N) is 1. The van der Waals surface area contributed by atoms with Crippen LogP contribution >= 0.6 is 22.8 Å². The van der Waals surface area contributed by atoms with E-state index in [1.165, 1.54) is 0 Å². The molecule has 2 unspecified atom stereocenters. The monoisotopic (exact) mass is 531 g/mol. The van der Waals surface area contributed by atoms with Crippen molar-refractivity contribution in [2.45, 2.75) is 24.9 Å². The zero-order valence-corrected chi connectivity index (χ0v) is 19.0. The van der Waals surface area contributed by atoms with Gasteiger partial charge in [-0.2, -0.15) is 4.31 Å². The predicted molar refractivity (Wildman–Crippen MR) is 103 cm³/mol. The number of nitrogens with zero attached hydrogens (tertiary/aromatic N) is 1. The molecule has 0 fully saturated rings. The highest BCUT2D eigenvalue weighted by Crippen LogP contribution is 2.62. The minimum Gasteiger partial charge on any atom is -0.392 e. The molecule has 0 saturated heterocycles. The number of aromatic nitrogens is 2. The molecule has 0 spiro atoms. The minimum absolute atomic E-state index is 0.691. The molecular formula is C11H19FN2O13P3S+. The number of aliphatic hydroxyl groups is 2. The van der Waals surface area contributed by atoms with E-state index < -0.39 is 71.9 Å². The molecular weight excluding hydrogens is 512 g/mol. The second-order valence-electron chi connectivity index (χ2n) is 5.77. The number of aromatic amines is 1. The van der Waals surface area contributed by atoms with Crippen LogP contribution in [0.2, 0.25) is 0 Å². The van der Waals surface area contributed by atoms with Gasteiger partial charge in [-0.15, -0.1) is 4.52 Å². The predicted octanol–water partition coefficient (Wildman–Crippen LogP) is -0.850. The van der Waals surface area contributed by atoms with Crippen molar-refractivity contribution in [3.63, 3.8) is 0 Å². The molecule has 15 nitrogen and oxygen atoms in total. The first kappa shape index (κ1) is 28.3. The molecule has 31 heavy (non-hydrogen) atoms. The van der Waals surface area contributed by atoms with E-state index >= 15 is 0 Å². The zero-order chi connectivity index (χ0) is 24.0. The van der Waals surface area contributed by atoms with Crippen LogP contribution in [0.4, 0.5) is 4.39 Å². The highest BCUT2D eigenvalue weighted by Gasteiger charge is 2.45. The second-order valence-corrected chi connectivity index (χ2v) is 10.6. The zero-order valence-electron chi connectivity index (χ0n) is 15.5. The summed E-state index contributed by atoms with van der Waals surface area (Å²) in [4.78, 5) is 51.2. The van der Waals surface area contributed by atoms with Crippen LogP contribution in [0.15, 0.2) is 21.9 Å². The molecule has 0 saturated carbocycles. The van der Waals surface area contributed by atoms with E-state index in [-0.39, 0.29) is 0 Å². The maximum Gasteiger partial charge on any atom is 0.532 e. The molecule has 6 N–H and O–H groups in total. The Labute approximate surface area is 178 Å². The van der Waals surface area contributed by atoms with Crippen LogP contribution < -0.4 is 11.2 Å². The lowest BCUT2D eigenvalue weighted by atomic mass is 10.0. The Kier molecular flexibility index (Phi) is 10.4. The topological polar surface area (TPSA) is 227 Å². The number of aliphatic hydroxyl groups excluding tert-OH is 2. The summed E-state index contributed by atoms with van der Waals surface area (Å²) in [6, 6.07) is 0.916. The molecule has 1 heterocycles. The average Bonchev–Trinajstić information content (AvgIpc) is 2.60. The summed E-state index contributed by atoms with van der Waals surface area (Å²) >= 11 is 4.60. The number of rotatable bonds is 13. The van der Waals surface area contributed by atoms with E-state index in [2.05, 4.69) is 20.4 Å². The fourth-order valence-corrected chi connectivity index (χ4v) is 5.53. The maximum atomic E-state index is 13.9. The molecule has 1 aromatic rings. The van der Waals surface area contributed by atoms with Gasteiger partial charge in [0.25, 0.3) is 5.56 Å². The number of ether oxygens (including phenoxy) is 1. The van der Waals surface area contributed by atoms with Gasteiger partial charge in [-0.05, 0) is 11.2 Å². The summed E-state index contributed by atoms with van der Waals surface area (Å²) in [6.07, 6.45) is -2.34. The third-order valence-electron chi connectivity index (χ3n) is 3.47. The van der Waals surface area contributed by atoms with Crippen molar-refractivity contribution in [1.29, 1.82) is 0 Å². The Morgan fingerprint density at radius 2 is 1.97 bits per heavy atom. The van der Waals surface area contributed by atoms with Gasteiger partial charge in [-0.25, -0.2) is 18.3 Å². The van der Waals surface area contributed by atoms with Crippen molar-refractivity contribution in [3.05, 3.63) is 33.1 Å². The minimum atomic E-state index is -5.42. The average molecular weight is 531 g/mol. The Bertz CT molecular complexity index is 980. The van der Waals surface area contributed by atoms with E-state index in [1.54, 1.807) is 0 Å². The maximum absolute atomic E-state index is 13.9. The lowest BCUT2D eigenvalue weighted by Gasteiger charge is -2.35. The number of hydrogen-bond acceptors (Lipinski definition) is 11. The van der Waals surface area contributed by atoms with E-state index in [1.807, 2.05) is 4.98 Å². The summed E-state index contributed by atoms with van der Waals surface area (Å²) in [5, 5.41) is 19.5. The van der Waals surface area contributed by atoms with Crippen LogP contribution in [0.5, 0.6) is 0 Å². The molecule has 0 radical (unpaired) electrons. The van der Waals surface area contributed by atoms with Gasteiger partial charge in [0.1, 0.15) is 13.3 Å². The molecule has 1 rings (SSSR count). The molecule has 1 aromatic heterocycles. The van der Waals surface area contributed by atoms with E-state index in [0.29, 0.717) is 4.57 Å². The van der Waals surface area contributed by atoms with Crippen LogP contribution in [0.25, 0.3) is 0 Å². The van der Waals surface area contributed by atoms with Crippen LogP contribution in [0.3, 0.4) is 0 Å². The molecule has 0 aliphatic rings. The van der Waals surface area contributed by atoms with Crippen LogP contribution in [-0.2, 0) is 38.8 Å². The van der Waals surface area contributed by atoms with Gasteiger partial charge in [0.15, 0.2) is 11.8 Å². The first-order chi connectivity index (χ1) is 14.1. The van der Waals surface area contributed by atoms with E-state index in [4.69, 9.17) is 19.0 Å². The lowest BCUT2D eigenvalue weighted by molar-refractivity contribution is -0.205. The van der Waals surface area contributed by atoms with Crippen LogP contribution in [0.1, 0.15) is 13.2 Å². The smallest absolute Gasteiger partial charge is 0.392 e. The van der Waals surface area contributed by atoms with Crippen LogP contribution in [-0.4, -0.2) is 66.0 Å². The number of alkyl halides is 1. The largest absolute Gasteiger partial charge is 0.532 e. The van der Waals surface area contributed by atoms with E-state index in [0.717, 1.165) is 19.2 Å².